The van der Waals surface area contributed by atoms with Crippen molar-refractivity contribution in [2.45, 2.75) is 6.18 Å². The molecule has 0 heterocycles. The molecule has 0 fully saturated rings. The van der Waals surface area contributed by atoms with E-state index in [0.29, 0.717) is 10.8 Å². The summed E-state index contributed by atoms with van der Waals surface area (Å²) in [6.45, 7) is -1.37. The third-order valence-electron chi connectivity index (χ3n) is 1.50. The summed E-state index contributed by atoms with van der Waals surface area (Å²) < 4.78 is 40.4. The van der Waals surface area contributed by atoms with Gasteiger partial charge in [-0.25, -0.2) is 0 Å². The summed E-state index contributed by atoms with van der Waals surface area (Å²) >= 11 is 3.07. The van der Waals surface area contributed by atoms with Crippen LogP contribution in [0.15, 0.2) is 22.7 Å². The number of ether oxygens (including phenoxy) is 1. The van der Waals surface area contributed by atoms with Crippen LogP contribution in [0.5, 0.6) is 5.75 Å². The summed E-state index contributed by atoms with van der Waals surface area (Å²) in [4.78, 5) is 10.5. The number of hydrogen-bond acceptors (Lipinski definition) is 2. The third kappa shape index (κ3) is 3.91. The molecule has 0 aromatic heterocycles. The van der Waals surface area contributed by atoms with E-state index in [2.05, 4.69) is 20.7 Å². The maximum absolute atomic E-state index is 11.8. The van der Waals surface area contributed by atoms with Gasteiger partial charge in [-0.05, 0) is 18.2 Å². The number of carbonyl (C=O) groups is 1. The van der Waals surface area contributed by atoms with Gasteiger partial charge in [0.05, 0.1) is 0 Å². The van der Waals surface area contributed by atoms with Crippen molar-refractivity contribution in [2.75, 3.05) is 6.61 Å². The zero-order chi connectivity index (χ0) is 11.5. The molecule has 6 heteroatoms. The van der Waals surface area contributed by atoms with Crippen molar-refractivity contribution >= 4 is 22.2 Å². The van der Waals surface area contributed by atoms with Gasteiger partial charge in [-0.2, -0.15) is 13.2 Å². The average Bonchev–Trinajstić information content (AvgIpc) is 2.15. The van der Waals surface area contributed by atoms with E-state index in [4.69, 9.17) is 0 Å². The summed E-state index contributed by atoms with van der Waals surface area (Å²) in [5.41, 5.74) is 0.245. The molecule has 0 aliphatic heterocycles. The van der Waals surface area contributed by atoms with E-state index in [0.717, 1.165) is 0 Å². The molecule has 2 nitrogen and oxygen atoms in total. The van der Waals surface area contributed by atoms with Crippen LogP contribution in [-0.2, 0) is 0 Å². The van der Waals surface area contributed by atoms with Crippen molar-refractivity contribution in [3.63, 3.8) is 0 Å². The van der Waals surface area contributed by atoms with Gasteiger partial charge in [0.2, 0.25) is 0 Å². The first kappa shape index (κ1) is 12.0. The van der Waals surface area contributed by atoms with Gasteiger partial charge in [-0.15, -0.1) is 0 Å². The normalized spacial score (nSPS) is 11.2. The lowest BCUT2D eigenvalue weighted by Crippen LogP contribution is -2.19. The summed E-state index contributed by atoms with van der Waals surface area (Å²) in [5.74, 6) is 0.0117. The molecule has 0 spiro atoms. The Balaban J connectivity index is 2.75. The number of aldehydes is 1. The third-order valence-corrected chi connectivity index (χ3v) is 2.22. The smallest absolute Gasteiger partial charge is 0.422 e. The van der Waals surface area contributed by atoms with Crippen LogP contribution in [0.1, 0.15) is 10.4 Å². The molecule has 0 bridgehead atoms. The maximum atomic E-state index is 11.8. The van der Waals surface area contributed by atoms with Gasteiger partial charge < -0.3 is 4.74 Å². The molecule has 0 saturated carbocycles. The standard InChI is InChI=1S/C9H6BrF3O2/c10-8-2-1-7(3-6(8)4-14)15-5-9(11,12)13/h1-4H,5H2. The first-order chi connectivity index (χ1) is 6.92. The second-order valence-corrected chi connectivity index (χ2v) is 3.56. The number of hydrogen-bond donors (Lipinski definition) is 0. The minimum absolute atomic E-state index is 0.0117. The zero-order valence-corrected chi connectivity index (χ0v) is 8.93. The topological polar surface area (TPSA) is 26.3 Å². The highest BCUT2D eigenvalue weighted by Crippen LogP contribution is 2.23. The van der Waals surface area contributed by atoms with E-state index in [9.17, 15) is 18.0 Å². The molecule has 1 rings (SSSR count). The Morgan fingerprint density at radius 1 is 1.40 bits per heavy atom. The summed E-state index contributed by atoms with van der Waals surface area (Å²) in [6.07, 6.45) is -3.85. The fourth-order valence-electron chi connectivity index (χ4n) is 0.867. The van der Waals surface area contributed by atoms with Crippen molar-refractivity contribution in [2.24, 2.45) is 0 Å². The maximum Gasteiger partial charge on any atom is 0.422 e. The fraction of sp³-hybridized carbons (Fsp3) is 0.222. The SMILES string of the molecule is O=Cc1cc(OCC(F)(F)F)ccc1Br. The van der Waals surface area contributed by atoms with E-state index in [1.54, 1.807) is 0 Å². The van der Waals surface area contributed by atoms with Crippen LogP contribution in [0.25, 0.3) is 0 Å². The van der Waals surface area contributed by atoms with Gasteiger partial charge in [-0.1, -0.05) is 15.9 Å². The summed E-state index contributed by atoms with van der Waals surface area (Å²) in [7, 11) is 0. The number of alkyl halides is 3. The number of rotatable bonds is 3. The highest BCUT2D eigenvalue weighted by atomic mass is 79.9. The van der Waals surface area contributed by atoms with E-state index in [1.165, 1.54) is 18.2 Å². The molecule has 0 aliphatic carbocycles. The average molecular weight is 283 g/mol. The molecule has 0 atom stereocenters. The molecular formula is C9H6BrF3O2. The van der Waals surface area contributed by atoms with Crippen LogP contribution in [0.2, 0.25) is 0 Å². The van der Waals surface area contributed by atoms with Crippen LogP contribution in [0.3, 0.4) is 0 Å². The van der Waals surface area contributed by atoms with Crippen molar-refractivity contribution < 1.29 is 22.7 Å². The van der Waals surface area contributed by atoms with Gasteiger partial charge in [0.1, 0.15) is 5.75 Å². The predicted octanol–water partition coefficient (Wildman–Crippen LogP) is 3.20. The highest BCUT2D eigenvalue weighted by molar-refractivity contribution is 9.10. The monoisotopic (exact) mass is 282 g/mol. The van der Waals surface area contributed by atoms with Crippen LogP contribution in [0, 0.1) is 0 Å². The molecular weight excluding hydrogens is 277 g/mol. The highest BCUT2D eigenvalue weighted by Gasteiger charge is 2.28. The van der Waals surface area contributed by atoms with Gasteiger partial charge in [-0.3, -0.25) is 4.79 Å². The number of benzene rings is 1. The zero-order valence-electron chi connectivity index (χ0n) is 7.34. The molecule has 0 saturated heterocycles. The molecule has 0 amide bonds. The molecule has 0 radical (unpaired) electrons. The molecule has 82 valence electrons. The Kier molecular flexibility index (Phi) is 3.73. The van der Waals surface area contributed by atoms with Crippen molar-refractivity contribution in [1.82, 2.24) is 0 Å². The van der Waals surface area contributed by atoms with Crippen molar-refractivity contribution in [3.05, 3.63) is 28.2 Å². The lowest BCUT2D eigenvalue weighted by atomic mass is 10.2. The van der Waals surface area contributed by atoms with E-state index in [1.807, 2.05) is 0 Å². The number of halogens is 4. The van der Waals surface area contributed by atoms with E-state index < -0.39 is 12.8 Å². The van der Waals surface area contributed by atoms with Crippen LogP contribution in [0.4, 0.5) is 13.2 Å². The fourth-order valence-corrected chi connectivity index (χ4v) is 1.21. The van der Waals surface area contributed by atoms with Crippen molar-refractivity contribution in [3.8, 4) is 5.75 Å². The summed E-state index contributed by atoms with van der Waals surface area (Å²) in [6, 6.07) is 4.04. The molecule has 1 aromatic rings. The Bertz CT molecular complexity index is 363. The second-order valence-electron chi connectivity index (χ2n) is 2.71. The van der Waals surface area contributed by atoms with Crippen LogP contribution >= 0.6 is 15.9 Å². The lowest BCUT2D eigenvalue weighted by molar-refractivity contribution is -0.153. The Morgan fingerprint density at radius 2 is 2.07 bits per heavy atom. The molecule has 0 N–H and O–H groups in total. The first-order valence-electron chi connectivity index (χ1n) is 3.86. The molecule has 0 unspecified atom stereocenters. The van der Waals surface area contributed by atoms with Gasteiger partial charge in [0.25, 0.3) is 0 Å². The molecule has 1 aromatic carbocycles. The van der Waals surface area contributed by atoms with Gasteiger partial charge in [0.15, 0.2) is 12.9 Å². The lowest BCUT2D eigenvalue weighted by Gasteiger charge is -2.09. The van der Waals surface area contributed by atoms with Crippen LogP contribution < -0.4 is 4.74 Å². The van der Waals surface area contributed by atoms with Gasteiger partial charge >= 0.3 is 6.18 Å². The first-order valence-corrected chi connectivity index (χ1v) is 4.66. The Hall–Kier alpha value is -1.04. The van der Waals surface area contributed by atoms with E-state index >= 15 is 0 Å². The second kappa shape index (κ2) is 4.65. The minimum Gasteiger partial charge on any atom is -0.484 e. The largest absolute Gasteiger partial charge is 0.484 e. The summed E-state index contributed by atoms with van der Waals surface area (Å²) in [5, 5.41) is 0. The quantitative estimate of drug-likeness (QED) is 0.796. The predicted molar refractivity (Wildman–Crippen MR) is 51.1 cm³/mol. The van der Waals surface area contributed by atoms with Crippen molar-refractivity contribution in [1.29, 1.82) is 0 Å². The Labute approximate surface area is 92.2 Å². The van der Waals surface area contributed by atoms with Gasteiger partial charge in [0, 0.05) is 10.0 Å². The van der Waals surface area contributed by atoms with Crippen LogP contribution in [-0.4, -0.2) is 19.1 Å². The number of carbonyl (C=O) groups excluding carboxylic acids is 1. The molecule has 0 aliphatic rings. The Morgan fingerprint density at radius 3 is 2.60 bits per heavy atom. The van der Waals surface area contributed by atoms with E-state index in [-0.39, 0.29) is 11.3 Å². The minimum atomic E-state index is -4.38. The molecule has 15 heavy (non-hydrogen) atoms.